The molecule has 19 heavy (non-hydrogen) atoms. The molecule has 2 rings (SSSR count). The van der Waals surface area contributed by atoms with Crippen LogP contribution in [0, 0.1) is 17.7 Å². The number of halogens is 1. The van der Waals surface area contributed by atoms with Crippen molar-refractivity contribution < 1.29 is 14.3 Å². The zero-order valence-electron chi connectivity index (χ0n) is 11.4. The molecule has 0 radical (unpaired) electrons. The van der Waals surface area contributed by atoms with Gasteiger partial charge in [0.05, 0.1) is 5.56 Å². The third kappa shape index (κ3) is 3.06. The van der Waals surface area contributed by atoms with Gasteiger partial charge in [-0.1, -0.05) is 13.8 Å². The number of carboxylic acids is 1. The summed E-state index contributed by atoms with van der Waals surface area (Å²) in [5.74, 6) is -0.453. The maximum atomic E-state index is 13.7. The lowest BCUT2D eigenvalue weighted by Gasteiger charge is -2.35. The predicted octanol–water partition coefficient (Wildman–Crippen LogP) is 3.40. The van der Waals surface area contributed by atoms with Crippen molar-refractivity contribution >= 4 is 11.7 Å². The maximum absolute atomic E-state index is 13.7. The molecule has 0 amide bonds. The summed E-state index contributed by atoms with van der Waals surface area (Å²) >= 11 is 0. The molecular formula is C15H20FNO2. The van der Waals surface area contributed by atoms with Crippen molar-refractivity contribution in [3.63, 3.8) is 0 Å². The number of carboxylic acid groups (broad SMARTS) is 1. The van der Waals surface area contributed by atoms with E-state index in [2.05, 4.69) is 18.7 Å². The largest absolute Gasteiger partial charge is 0.478 e. The van der Waals surface area contributed by atoms with Gasteiger partial charge in [-0.3, -0.25) is 0 Å². The quantitative estimate of drug-likeness (QED) is 0.910. The molecule has 104 valence electrons. The summed E-state index contributed by atoms with van der Waals surface area (Å²) in [5, 5.41) is 8.81. The smallest absolute Gasteiger partial charge is 0.338 e. The van der Waals surface area contributed by atoms with Gasteiger partial charge in [-0.05, 0) is 42.9 Å². The fourth-order valence-corrected chi connectivity index (χ4v) is 2.70. The molecule has 1 aliphatic heterocycles. The molecule has 1 saturated heterocycles. The summed E-state index contributed by atoms with van der Waals surface area (Å²) < 4.78 is 13.7. The number of nitrogens with zero attached hydrogens (tertiary/aromatic N) is 1. The average molecular weight is 265 g/mol. The van der Waals surface area contributed by atoms with Crippen LogP contribution >= 0.6 is 0 Å². The Labute approximate surface area is 113 Å². The van der Waals surface area contributed by atoms with E-state index < -0.39 is 11.8 Å². The molecule has 0 unspecified atom stereocenters. The van der Waals surface area contributed by atoms with Crippen LogP contribution in [0.2, 0.25) is 0 Å². The molecule has 1 N–H and O–H groups in total. The van der Waals surface area contributed by atoms with Gasteiger partial charge in [0.2, 0.25) is 0 Å². The van der Waals surface area contributed by atoms with E-state index in [9.17, 15) is 9.18 Å². The molecule has 0 aliphatic carbocycles. The highest BCUT2D eigenvalue weighted by Crippen LogP contribution is 2.28. The van der Waals surface area contributed by atoms with Crippen molar-refractivity contribution in [2.45, 2.75) is 26.7 Å². The number of aromatic carboxylic acids is 1. The fraction of sp³-hybridized carbons (Fsp3) is 0.533. The van der Waals surface area contributed by atoms with Crippen molar-refractivity contribution in [2.24, 2.45) is 11.8 Å². The Bertz CT molecular complexity index is 465. The molecule has 1 aromatic carbocycles. The van der Waals surface area contributed by atoms with Crippen LogP contribution in [0.3, 0.4) is 0 Å². The Morgan fingerprint density at radius 2 is 2.00 bits per heavy atom. The predicted molar refractivity (Wildman–Crippen MR) is 73.1 cm³/mol. The first-order chi connectivity index (χ1) is 8.99. The Morgan fingerprint density at radius 3 is 2.47 bits per heavy atom. The molecule has 1 fully saturated rings. The zero-order valence-corrected chi connectivity index (χ0v) is 11.4. The first kappa shape index (κ1) is 13.8. The van der Waals surface area contributed by atoms with Crippen molar-refractivity contribution in [1.29, 1.82) is 0 Å². The average Bonchev–Trinajstić information content (AvgIpc) is 2.38. The van der Waals surface area contributed by atoms with Gasteiger partial charge in [-0.15, -0.1) is 0 Å². The first-order valence-corrected chi connectivity index (χ1v) is 6.77. The summed E-state index contributed by atoms with van der Waals surface area (Å²) in [7, 11) is 0. The molecule has 0 atom stereocenters. The Hall–Kier alpha value is -1.58. The SMILES string of the molecule is CC(C)C1CCN(c2ccc(C(=O)O)c(F)c2)CC1. The molecule has 4 heteroatoms. The molecule has 1 aliphatic rings. The van der Waals surface area contributed by atoms with E-state index in [1.165, 1.54) is 12.1 Å². The summed E-state index contributed by atoms with van der Waals surface area (Å²) in [4.78, 5) is 12.9. The summed E-state index contributed by atoms with van der Waals surface area (Å²) in [5.41, 5.74) is 0.519. The summed E-state index contributed by atoms with van der Waals surface area (Å²) in [6, 6.07) is 4.38. The Kier molecular flexibility index (Phi) is 4.08. The minimum Gasteiger partial charge on any atom is -0.478 e. The van der Waals surface area contributed by atoms with Crippen molar-refractivity contribution in [1.82, 2.24) is 0 Å². The summed E-state index contributed by atoms with van der Waals surface area (Å²) in [6.07, 6.45) is 2.22. The molecule has 0 bridgehead atoms. The van der Waals surface area contributed by atoms with Gasteiger partial charge in [0.1, 0.15) is 5.82 Å². The molecular weight excluding hydrogens is 245 g/mol. The molecule has 0 aromatic heterocycles. The van der Waals surface area contributed by atoms with Crippen LogP contribution in [0.15, 0.2) is 18.2 Å². The first-order valence-electron chi connectivity index (χ1n) is 6.77. The highest BCUT2D eigenvalue weighted by molar-refractivity contribution is 5.88. The van der Waals surface area contributed by atoms with Crippen molar-refractivity contribution in [3.8, 4) is 0 Å². The Balaban J connectivity index is 2.08. The van der Waals surface area contributed by atoms with Crippen LogP contribution in [0.5, 0.6) is 0 Å². The third-order valence-electron chi connectivity index (χ3n) is 4.03. The number of hydrogen-bond donors (Lipinski definition) is 1. The van der Waals surface area contributed by atoms with Crippen LogP contribution in [0.4, 0.5) is 10.1 Å². The van der Waals surface area contributed by atoms with E-state index >= 15 is 0 Å². The molecule has 0 saturated carbocycles. The van der Waals surface area contributed by atoms with E-state index in [0.717, 1.165) is 37.5 Å². The topological polar surface area (TPSA) is 40.5 Å². The van der Waals surface area contributed by atoms with Gasteiger partial charge in [-0.25, -0.2) is 9.18 Å². The summed E-state index contributed by atoms with van der Waals surface area (Å²) in [6.45, 7) is 6.30. The van der Waals surface area contributed by atoms with Crippen LogP contribution in [-0.4, -0.2) is 24.2 Å². The third-order valence-corrected chi connectivity index (χ3v) is 4.03. The zero-order chi connectivity index (χ0) is 14.0. The van der Waals surface area contributed by atoms with Crippen molar-refractivity contribution in [3.05, 3.63) is 29.6 Å². The molecule has 0 spiro atoms. The lowest BCUT2D eigenvalue weighted by molar-refractivity contribution is 0.0692. The van der Waals surface area contributed by atoms with E-state index in [0.29, 0.717) is 5.92 Å². The number of rotatable bonds is 3. The normalized spacial score (nSPS) is 16.9. The van der Waals surface area contributed by atoms with E-state index in [4.69, 9.17) is 5.11 Å². The van der Waals surface area contributed by atoms with Gasteiger partial charge in [0, 0.05) is 18.8 Å². The van der Waals surface area contributed by atoms with Gasteiger partial charge in [-0.2, -0.15) is 0 Å². The monoisotopic (exact) mass is 265 g/mol. The van der Waals surface area contributed by atoms with Crippen LogP contribution < -0.4 is 4.90 Å². The molecule has 1 aromatic rings. The van der Waals surface area contributed by atoms with Gasteiger partial charge < -0.3 is 10.0 Å². The Morgan fingerprint density at radius 1 is 1.37 bits per heavy atom. The lowest BCUT2D eigenvalue weighted by atomic mass is 9.86. The van der Waals surface area contributed by atoms with Gasteiger partial charge in [0.25, 0.3) is 0 Å². The number of piperidine rings is 1. The minimum atomic E-state index is -1.22. The second-order valence-corrected chi connectivity index (χ2v) is 5.54. The maximum Gasteiger partial charge on any atom is 0.338 e. The highest BCUT2D eigenvalue weighted by Gasteiger charge is 2.22. The minimum absolute atomic E-state index is 0.263. The van der Waals surface area contributed by atoms with Crippen molar-refractivity contribution in [2.75, 3.05) is 18.0 Å². The number of hydrogen-bond acceptors (Lipinski definition) is 2. The van der Waals surface area contributed by atoms with Gasteiger partial charge in [0.15, 0.2) is 0 Å². The van der Waals surface area contributed by atoms with E-state index in [1.807, 2.05) is 0 Å². The van der Waals surface area contributed by atoms with Gasteiger partial charge >= 0.3 is 5.97 Å². The number of carbonyl (C=O) groups is 1. The number of benzene rings is 1. The second-order valence-electron chi connectivity index (χ2n) is 5.54. The number of anilines is 1. The van der Waals surface area contributed by atoms with Crippen LogP contribution in [0.25, 0.3) is 0 Å². The molecule has 3 nitrogen and oxygen atoms in total. The fourth-order valence-electron chi connectivity index (χ4n) is 2.70. The van der Waals surface area contributed by atoms with Crippen LogP contribution in [-0.2, 0) is 0 Å². The molecule has 1 heterocycles. The second kappa shape index (κ2) is 5.59. The highest BCUT2D eigenvalue weighted by atomic mass is 19.1. The lowest BCUT2D eigenvalue weighted by Crippen LogP contribution is -2.35. The van der Waals surface area contributed by atoms with E-state index in [1.54, 1.807) is 6.07 Å². The standard InChI is InChI=1S/C15H20FNO2/c1-10(2)11-5-7-17(8-6-11)12-3-4-13(15(18)19)14(16)9-12/h3-4,9-11H,5-8H2,1-2H3,(H,18,19). The van der Waals surface area contributed by atoms with Crippen LogP contribution in [0.1, 0.15) is 37.0 Å². The van der Waals surface area contributed by atoms with E-state index in [-0.39, 0.29) is 5.56 Å².